The Balaban J connectivity index is 2.31. The summed E-state index contributed by atoms with van der Waals surface area (Å²) < 4.78 is 27.2. The van der Waals surface area contributed by atoms with E-state index < -0.39 is 9.05 Å². The van der Waals surface area contributed by atoms with E-state index in [0.717, 1.165) is 17.7 Å². The summed E-state index contributed by atoms with van der Waals surface area (Å²) in [4.78, 5) is 0. The maximum atomic E-state index is 10.8. The average molecular weight is 325 g/mol. The van der Waals surface area contributed by atoms with E-state index >= 15 is 0 Å². The molecule has 0 aliphatic heterocycles. The number of hydrogen-bond acceptors (Lipinski definition) is 3. The normalized spacial score (nSPS) is 13.3. The molecule has 1 aromatic carbocycles. The lowest BCUT2D eigenvalue weighted by Crippen LogP contribution is -2.08. The number of rotatable bonds is 7. The van der Waals surface area contributed by atoms with Crippen LogP contribution in [0.15, 0.2) is 18.2 Å². The fourth-order valence-electron chi connectivity index (χ4n) is 1.57. The summed E-state index contributed by atoms with van der Waals surface area (Å²) in [6.07, 6.45) is 1.34. The highest BCUT2D eigenvalue weighted by molar-refractivity contribution is 8.13. The SMILES string of the molecule is Cc1cc(OCCC(C)CCS(=O)(=O)Cl)ccc1Cl. The van der Waals surface area contributed by atoms with E-state index in [1.807, 2.05) is 26.0 Å². The van der Waals surface area contributed by atoms with Crippen molar-refractivity contribution in [1.29, 1.82) is 0 Å². The van der Waals surface area contributed by atoms with E-state index in [0.29, 0.717) is 18.1 Å². The van der Waals surface area contributed by atoms with E-state index in [-0.39, 0.29) is 11.7 Å². The lowest BCUT2D eigenvalue weighted by atomic mass is 10.1. The smallest absolute Gasteiger partial charge is 0.232 e. The zero-order chi connectivity index (χ0) is 14.5. The minimum Gasteiger partial charge on any atom is -0.494 e. The Labute approximate surface area is 124 Å². The van der Waals surface area contributed by atoms with Crippen LogP contribution in [0.3, 0.4) is 0 Å². The lowest BCUT2D eigenvalue weighted by Gasteiger charge is -2.12. The van der Waals surface area contributed by atoms with Crippen LogP contribution in [0.4, 0.5) is 0 Å². The van der Waals surface area contributed by atoms with Gasteiger partial charge in [0.25, 0.3) is 0 Å². The van der Waals surface area contributed by atoms with Gasteiger partial charge in [0.15, 0.2) is 0 Å². The van der Waals surface area contributed by atoms with Gasteiger partial charge in [0.2, 0.25) is 9.05 Å². The minimum atomic E-state index is -3.39. The molecule has 0 aromatic heterocycles. The molecular formula is C13H18Cl2O3S. The van der Waals surface area contributed by atoms with Crippen molar-refractivity contribution in [3.05, 3.63) is 28.8 Å². The maximum Gasteiger partial charge on any atom is 0.232 e. The molecule has 0 amide bonds. The van der Waals surface area contributed by atoms with Gasteiger partial charge in [-0.15, -0.1) is 0 Å². The Hall–Kier alpha value is -0.450. The molecule has 1 atom stereocenters. The van der Waals surface area contributed by atoms with E-state index in [1.54, 1.807) is 6.07 Å². The van der Waals surface area contributed by atoms with Crippen molar-refractivity contribution in [1.82, 2.24) is 0 Å². The van der Waals surface area contributed by atoms with Crippen molar-refractivity contribution in [2.45, 2.75) is 26.7 Å². The van der Waals surface area contributed by atoms with Crippen molar-refractivity contribution in [2.75, 3.05) is 12.4 Å². The van der Waals surface area contributed by atoms with Crippen molar-refractivity contribution < 1.29 is 13.2 Å². The molecule has 1 unspecified atom stereocenters. The third-order valence-electron chi connectivity index (χ3n) is 2.86. The fraction of sp³-hybridized carbons (Fsp3) is 0.538. The molecular weight excluding hydrogens is 307 g/mol. The van der Waals surface area contributed by atoms with Gasteiger partial charge in [-0.05, 0) is 49.4 Å². The summed E-state index contributed by atoms with van der Waals surface area (Å²) in [6, 6.07) is 5.51. The van der Waals surface area contributed by atoms with Crippen LogP contribution in [0.25, 0.3) is 0 Å². The Morgan fingerprint density at radius 1 is 1.32 bits per heavy atom. The summed E-state index contributed by atoms with van der Waals surface area (Å²) in [6.45, 7) is 4.45. The zero-order valence-electron chi connectivity index (χ0n) is 11.0. The van der Waals surface area contributed by atoms with E-state index in [4.69, 9.17) is 27.0 Å². The molecule has 0 aliphatic rings. The standard InChI is InChI=1S/C13H18Cl2O3S/c1-10(6-8-19(15,16)17)5-7-18-12-3-4-13(14)11(2)9-12/h3-4,9-10H,5-8H2,1-2H3. The van der Waals surface area contributed by atoms with Crippen LogP contribution >= 0.6 is 22.3 Å². The molecule has 0 radical (unpaired) electrons. The maximum absolute atomic E-state index is 10.8. The largest absolute Gasteiger partial charge is 0.494 e. The molecule has 0 heterocycles. The Morgan fingerprint density at radius 2 is 2.00 bits per heavy atom. The number of hydrogen-bond donors (Lipinski definition) is 0. The van der Waals surface area contributed by atoms with Crippen LogP contribution < -0.4 is 4.74 Å². The number of aryl methyl sites for hydroxylation is 1. The van der Waals surface area contributed by atoms with Gasteiger partial charge in [0.1, 0.15) is 5.75 Å². The number of halogens is 2. The summed E-state index contributed by atoms with van der Waals surface area (Å²) in [5.74, 6) is 1.04. The van der Waals surface area contributed by atoms with Gasteiger partial charge < -0.3 is 4.74 Å². The van der Waals surface area contributed by atoms with E-state index in [1.165, 1.54) is 0 Å². The second-order valence-electron chi connectivity index (χ2n) is 4.68. The number of ether oxygens (including phenoxy) is 1. The molecule has 0 aliphatic carbocycles. The van der Waals surface area contributed by atoms with Gasteiger partial charge in [-0.3, -0.25) is 0 Å². The van der Waals surface area contributed by atoms with Crippen LogP contribution in [-0.2, 0) is 9.05 Å². The highest BCUT2D eigenvalue weighted by Gasteiger charge is 2.10. The molecule has 1 rings (SSSR count). The first kappa shape index (κ1) is 16.6. The molecule has 19 heavy (non-hydrogen) atoms. The van der Waals surface area contributed by atoms with E-state index in [9.17, 15) is 8.42 Å². The Morgan fingerprint density at radius 3 is 2.58 bits per heavy atom. The lowest BCUT2D eigenvalue weighted by molar-refractivity contribution is 0.282. The van der Waals surface area contributed by atoms with Crippen LogP contribution in [0, 0.1) is 12.8 Å². The van der Waals surface area contributed by atoms with Gasteiger partial charge in [-0.1, -0.05) is 18.5 Å². The average Bonchev–Trinajstić information content (AvgIpc) is 2.30. The van der Waals surface area contributed by atoms with Gasteiger partial charge in [-0.25, -0.2) is 8.42 Å². The van der Waals surface area contributed by atoms with Crippen LogP contribution in [0.2, 0.25) is 5.02 Å². The summed E-state index contributed by atoms with van der Waals surface area (Å²) in [5.41, 5.74) is 0.973. The van der Waals surface area contributed by atoms with Gasteiger partial charge in [-0.2, -0.15) is 0 Å². The third kappa shape index (κ3) is 7.04. The Bertz CT molecular complexity index is 515. The number of benzene rings is 1. The van der Waals surface area contributed by atoms with Gasteiger partial charge in [0.05, 0.1) is 12.4 Å². The van der Waals surface area contributed by atoms with Crippen LogP contribution in [-0.4, -0.2) is 20.8 Å². The second kappa shape index (κ2) is 7.36. The second-order valence-corrected chi connectivity index (χ2v) is 7.99. The molecule has 0 saturated heterocycles. The molecule has 0 saturated carbocycles. The molecule has 0 spiro atoms. The van der Waals surface area contributed by atoms with Crippen LogP contribution in [0.5, 0.6) is 5.75 Å². The first-order valence-electron chi connectivity index (χ1n) is 6.09. The Kier molecular flexibility index (Phi) is 6.43. The molecule has 0 fully saturated rings. The summed E-state index contributed by atoms with van der Waals surface area (Å²) in [5, 5.41) is 0.716. The highest BCUT2D eigenvalue weighted by Crippen LogP contribution is 2.21. The first-order valence-corrected chi connectivity index (χ1v) is 8.95. The molecule has 3 nitrogen and oxygen atoms in total. The molecule has 0 N–H and O–H groups in total. The van der Waals surface area contributed by atoms with Crippen molar-refractivity contribution in [3.8, 4) is 5.75 Å². The summed E-state index contributed by atoms with van der Waals surface area (Å²) in [7, 11) is 1.78. The van der Waals surface area contributed by atoms with E-state index in [2.05, 4.69) is 0 Å². The monoisotopic (exact) mass is 324 g/mol. The van der Waals surface area contributed by atoms with Crippen molar-refractivity contribution >= 4 is 31.3 Å². The first-order chi connectivity index (χ1) is 8.78. The topological polar surface area (TPSA) is 43.4 Å². The zero-order valence-corrected chi connectivity index (χ0v) is 13.4. The molecule has 1 aromatic rings. The molecule has 0 bridgehead atoms. The molecule has 6 heteroatoms. The third-order valence-corrected chi connectivity index (χ3v) is 4.47. The summed E-state index contributed by atoms with van der Waals surface area (Å²) >= 11 is 5.92. The van der Waals surface area contributed by atoms with Gasteiger partial charge >= 0.3 is 0 Å². The van der Waals surface area contributed by atoms with Crippen molar-refractivity contribution in [2.24, 2.45) is 5.92 Å². The quantitative estimate of drug-likeness (QED) is 0.711. The fourth-order valence-corrected chi connectivity index (χ4v) is 2.64. The van der Waals surface area contributed by atoms with Crippen molar-refractivity contribution in [3.63, 3.8) is 0 Å². The van der Waals surface area contributed by atoms with Crippen LogP contribution in [0.1, 0.15) is 25.3 Å². The highest BCUT2D eigenvalue weighted by atomic mass is 35.7. The van der Waals surface area contributed by atoms with Gasteiger partial charge in [0, 0.05) is 15.7 Å². The predicted molar refractivity (Wildman–Crippen MR) is 79.7 cm³/mol. The molecule has 108 valence electrons. The predicted octanol–water partition coefficient (Wildman–Crippen LogP) is 4.01. The minimum absolute atomic E-state index is 0.00970.